The number of carbonyl (C=O) groups excluding carboxylic acids is 1. The Morgan fingerprint density at radius 2 is 1.85 bits per heavy atom. The fourth-order valence-electron chi connectivity index (χ4n) is 2.30. The third kappa shape index (κ3) is 4.72. The maximum Gasteiger partial charge on any atom is 0.368 e. The zero-order chi connectivity index (χ0) is 19.2. The Kier molecular flexibility index (Phi) is 5.84. The average molecular weight is 389 g/mol. The third-order valence-corrected chi connectivity index (χ3v) is 3.83. The van der Waals surface area contributed by atoms with Gasteiger partial charge in [0.15, 0.2) is 0 Å². The average Bonchev–Trinajstić information content (AvgIpc) is 3.01. The van der Waals surface area contributed by atoms with Crippen molar-refractivity contribution in [2.75, 3.05) is 24.4 Å². The molecule has 10 heteroatoms. The number of tetrazole rings is 1. The summed E-state index contributed by atoms with van der Waals surface area (Å²) in [6, 6.07) is 13.1. The smallest absolute Gasteiger partial charge is 0.368 e. The van der Waals surface area contributed by atoms with Gasteiger partial charge in [-0.25, -0.2) is 9.59 Å². The predicted octanol–water partition coefficient (Wildman–Crippen LogP) is 2.37. The maximum atomic E-state index is 12.2. The molecule has 0 saturated carbocycles. The monoisotopic (exact) mass is 388 g/mol. The number of ether oxygens (including phenoxy) is 1. The Morgan fingerprint density at radius 3 is 2.56 bits per heavy atom. The summed E-state index contributed by atoms with van der Waals surface area (Å²) in [5.41, 5.74) is 1.30. The fraction of sp³-hybridized carbons (Fsp3) is 0.176. The van der Waals surface area contributed by atoms with Crippen molar-refractivity contribution >= 4 is 29.0 Å². The van der Waals surface area contributed by atoms with E-state index in [0.29, 0.717) is 35.2 Å². The van der Waals surface area contributed by atoms with E-state index in [1.165, 1.54) is 9.36 Å². The first-order valence-electron chi connectivity index (χ1n) is 8.02. The van der Waals surface area contributed by atoms with Gasteiger partial charge in [-0.05, 0) is 52.9 Å². The molecule has 2 N–H and O–H groups in total. The lowest BCUT2D eigenvalue weighted by atomic mass is 10.3. The Morgan fingerprint density at radius 1 is 1.11 bits per heavy atom. The highest BCUT2D eigenvalue weighted by Crippen LogP contribution is 2.16. The molecule has 2 aromatic carbocycles. The van der Waals surface area contributed by atoms with Gasteiger partial charge in [-0.3, -0.25) is 0 Å². The molecule has 3 rings (SSSR count). The molecule has 0 saturated heterocycles. The molecular weight excluding hydrogens is 372 g/mol. The molecule has 0 aliphatic rings. The van der Waals surface area contributed by atoms with Crippen molar-refractivity contribution in [2.45, 2.75) is 6.54 Å². The van der Waals surface area contributed by atoms with Gasteiger partial charge in [0.25, 0.3) is 0 Å². The number of benzene rings is 2. The zero-order valence-corrected chi connectivity index (χ0v) is 15.2. The molecule has 140 valence electrons. The Labute approximate surface area is 159 Å². The Bertz CT molecular complexity index is 983. The van der Waals surface area contributed by atoms with E-state index in [0.717, 1.165) is 0 Å². The van der Waals surface area contributed by atoms with E-state index in [9.17, 15) is 9.59 Å². The molecule has 2 amide bonds. The summed E-state index contributed by atoms with van der Waals surface area (Å²) in [7, 11) is 1.55. The van der Waals surface area contributed by atoms with E-state index in [2.05, 4.69) is 21.1 Å². The normalized spacial score (nSPS) is 10.6. The number of nitrogens with one attached hydrogen (secondary N) is 2. The summed E-state index contributed by atoms with van der Waals surface area (Å²) >= 11 is 5.89. The van der Waals surface area contributed by atoms with Gasteiger partial charge < -0.3 is 15.4 Å². The van der Waals surface area contributed by atoms with E-state index in [4.69, 9.17) is 16.3 Å². The molecule has 0 aliphatic heterocycles. The molecular formula is C17H17ClN6O3. The summed E-state index contributed by atoms with van der Waals surface area (Å²) < 4.78 is 7.32. The Hall–Kier alpha value is -3.17. The van der Waals surface area contributed by atoms with Crippen LogP contribution in [0.3, 0.4) is 0 Å². The first-order chi connectivity index (χ1) is 13.1. The molecule has 0 bridgehead atoms. The van der Waals surface area contributed by atoms with Gasteiger partial charge in [-0.15, -0.1) is 0 Å². The SMILES string of the molecule is COCCn1nnn(-c2ccc(NC(=O)Nc3cccc(Cl)c3)cc2)c1=O. The predicted molar refractivity (Wildman–Crippen MR) is 102 cm³/mol. The van der Waals surface area contributed by atoms with Gasteiger partial charge in [0, 0.05) is 23.5 Å². The van der Waals surface area contributed by atoms with Crippen LogP contribution in [0, 0.1) is 0 Å². The molecule has 0 radical (unpaired) electrons. The van der Waals surface area contributed by atoms with Gasteiger partial charge in [0.2, 0.25) is 0 Å². The van der Waals surface area contributed by atoms with Crippen molar-refractivity contribution in [1.29, 1.82) is 0 Å². The number of hydrogen-bond donors (Lipinski definition) is 2. The fourth-order valence-corrected chi connectivity index (χ4v) is 2.49. The number of halogens is 1. The highest BCUT2D eigenvalue weighted by molar-refractivity contribution is 6.30. The molecule has 9 nitrogen and oxygen atoms in total. The summed E-state index contributed by atoms with van der Waals surface area (Å²) in [4.78, 5) is 24.3. The van der Waals surface area contributed by atoms with Crippen LogP contribution in [0.1, 0.15) is 0 Å². The summed E-state index contributed by atoms with van der Waals surface area (Å²) in [6.07, 6.45) is 0. The number of hydrogen-bond acceptors (Lipinski definition) is 5. The minimum Gasteiger partial charge on any atom is -0.383 e. The number of urea groups is 1. The molecule has 27 heavy (non-hydrogen) atoms. The van der Waals surface area contributed by atoms with Crippen LogP contribution in [0.4, 0.5) is 16.2 Å². The first kappa shape index (κ1) is 18.6. The maximum absolute atomic E-state index is 12.2. The van der Waals surface area contributed by atoms with E-state index in [-0.39, 0.29) is 5.69 Å². The second-order valence-corrected chi connectivity index (χ2v) is 5.96. The van der Waals surface area contributed by atoms with E-state index < -0.39 is 6.03 Å². The van der Waals surface area contributed by atoms with Crippen LogP contribution >= 0.6 is 11.6 Å². The molecule has 0 spiro atoms. The van der Waals surface area contributed by atoms with Crippen molar-refractivity contribution in [3.05, 3.63) is 64.0 Å². The molecule has 0 atom stereocenters. The van der Waals surface area contributed by atoms with Crippen molar-refractivity contribution in [3.63, 3.8) is 0 Å². The van der Waals surface area contributed by atoms with Crippen LogP contribution < -0.4 is 16.3 Å². The number of aromatic nitrogens is 4. The van der Waals surface area contributed by atoms with Gasteiger partial charge in [-0.1, -0.05) is 17.7 Å². The topological polar surface area (TPSA) is 103 Å². The molecule has 1 heterocycles. The van der Waals surface area contributed by atoms with Crippen LogP contribution in [-0.4, -0.2) is 39.5 Å². The first-order valence-corrected chi connectivity index (χ1v) is 8.40. The second-order valence-electron chi connectivity index (χ2n) is 5.53. The highest BCUT2D eigenvalue weighted by atomic mass is 35.5. The molecule has 0 unspecified atom stereocenters. The number of anilines is 2. The van der Waals surface area contributed by atoms with Crippen LogP contribution in [0.25, 0.3) is 5.69 Å². The van der Waals surface area contributed by atoms with Gasteiger partial charge in [0.05, 0.1) is 18.8 Å². The summed E-state index contributed by atoms with van der Waals surface area (Å²) in [5, 5.41) is 13.6. The van der Waals surface area contributed by atoms with Crippen LogP contribution in [0.5, 0.6) is 0 Å². The van der Waals surface area contributed by atoms with E-state index in [1.54, 1.807) is 55.6 Å². The quantitative estimate of drug-likeness (QED) is 0.674. The lowest BCUT2D eigenvalue weighted by Gasteiger charge is -2.08. The van der Waals surface area contributed by atoms with E-state index in [1.807, 2.05) is 0 Å². The molecule has 3 aromatic rings. The summed E-state index contributed by atoms with van der Waals surface area (Å²) in [6.45, 7) is 0.682. The van der Waals surface area contributed by atoms with Gasteiger partial charge >= 0.3 is 11.7 Å². The lowest BCUT2D eigenvalue weighted by Crippen LogP contribution is -2.25. The number of rotatable bonds is 6. The standard InChI is InChI=1S/C17H17ClN6O3/c1-27-10-9-23-17(26)24(22-21-23)15-7-5-13(6-8-15)19-16(25)20-14-4-2-3-12(18)11-14/h2-8,11H,9-10H2,1H3,(H2,19,20,25). The minimum absolute atomic E-state index is 0.318. The minimum atomic E-state index is -0.410. The number of nitrogens with zero attached hydrogens (tertiary/aromatic N) is 4. The van der Waals surface area contributed by atoms with Gasteiger partial charge in [-0.2, -0.15) is 9.36 Å². The number of amides is 2. The summed E-state index contributed by atoms with van der Waals surface area (Å²) in [5.74, 6) is 0. The molecule has 0 aliphatic carbocycles. The third-order valence-electron chi connectivity index (χ3n) is 3.60. The van der Waals surface area contributed by atoms with Crippen LogP contribution in [-0.2, 0) is 11.3 Å². The zero-order valence-electron chi connectivity index (χ0n) is 14.4. The van der Waals surface area contributed by atoms with Crippen LogP contribution in [0.15, 0.2) is 53.3 Å². The van der Waals surface area contributed by atoms with Crippen molar-refractivity contribution in [2.24, 2.45) is 0 Å². The van der Waals surface area contributed by atoms with Gasteiger partial charge in [0.1, 0.15) is 0 Å². The molecule has 0 fully saturated rings. The van der Waals surface area contributed by atoms with Crippen molar-refractivity contribution in [1.82, 2.24) is 19.8 Å². The molecule has 1 aromatic heterocycles. The van der Waals surface area contributed by atoms with E-state index >= 15 is 0 Å². The van der Waals surface area contributed by atoms with Crippen molar-refractivity contribution in [3.8, 4) is 5.69 Å². The van der Waals surface area contributed by atoms with Crippen molar-refractivity contribution < 1.29 is 9.53 Å². The number of methoxy groups -OCH3 is 1. The highest BCUT2D eigenvalue weighted by Gasteiger charge is 2.09. The lowest BCUT2D eigenvalue weighted by molar-refractivity contribution is 0.181. The number of carbonyl (C=O) groups is 1. The second kappa shape index (κ2) is 8.47. The Balaban J connectivity index is 1.66. The largest absolute Gasteiger partial charge is 0.383 e. The van der Waals surface area contributed by atoms with Crippen LogP contribution in [0.2, 0.25) is 5.02 Å².